The number of sulfone groups is 1. The Morgan fingerprint density at radius 3 is 2.21 bits per heavy atom. The largest absolute Gasteiger partial charge is 0.374 e. The Kier molecular flexibility index (Phi) is 5.25. The van der Waals surface area contributed by atoms with E-state index in [-0.39, 0.29) is 10.8 Å². The lowest BCUT2D eigenvalue weighted by atomic mass is 10.1. The molecule has 1 rings (SSSR count). The van der Waals surface area contributed by atoms with Gasteiger partial charge in [0.2, 0.25) is 9.84 Å². The average molecular weight is 292 g/mol. The fourth-order valence-corrected chi connectivity index (χ4v) is 2.36. The third-order valence-electron chi connectivity index (χ3n) is 2.83. The van der Waals surface area contributed by atoms with Gasteiger partial charge >= 0.3 is 5.76 Å². The van der Waals surface area contributed by atoms with E-state index in [0.29, 0.717) is 13.1 Å². The van der Waals surface area contributed by atoms with E-state index in [1.54, 1.807) is 0 Å². The van der Waals surface area contributed by atoms with Crippen LogP contribution in [-0.2, 0) is 9.84 Å². The summed E-state index contributed by atoms with van der Waals surface area (Å²) >= 11 is 0. The molecule has 2 N–H and O–H groups in total. The van der Waals surface area contributed by atoms with Crippen LogP contribution < -0.4 is 10.6 Å². The van der Waals surface area contributed by atoms with E-state index in [0.717, 1.165) is 5.69 Å². The van der Waals surface area contributed by atoms with Gasteiger partial charge in [-0.15, -0.1) is 0 Å². The van der Waals surface area contributed by atoms with Gasteiger partial charge in [-0.2, -0.15) is 8.78 Å². The van der Waals surface area contributed by atoms with Gasteiger partial charge in [-0.25, -0.2) is 8.42 Å². The van der Waals surface area contributed by atoms with Crippen LogP contribution in [0, 0.1) is 5.92 Å². The van der Waals surface area contributed by atoms with Crippen molar-refractivity contribution in [2.75, 3.05) is 25.0 Å². The van der Waals surface area contributed by atoms with E-state index >= 15 is 0 Å². The Labute approximate surface area is 112 Å². The van der Waals surface area contributed by atoms with Crippen LogP contribution in [0.5, 0.6) is 0 Å². The number of rotatable bonds is 6. The quantitative estimate of drug-likeness (QED) is 0.867. The first kappa shape index (κ1) is 15.8. The molecular formula is C12H18F2N2O2S. The van der Waals surface area contributed by atoms with E-state index in [2.05, 4.69) is 0 Å². The molecule has 0 spiro atoms. The third-order valence-corrected chi connectivity index (χ3v) is 4.23. The predicted molar refractivity (Wildman–Crippen MR) is 71.1 cm³/mol. The lowest BCUT2D eigenvalue weighted by Gasteiger charge is -2.22. The van der Waals surface area contributed by atoms with Crippen LogP contribution in [0.15, 0.2) is 29.2 Å². The maximum Gasteiger partial charge on any atom is 0.341 e. The molecule has 1 aromatic carbocycles. The Hall–Kier alpha value is -1.21. The molecule has 0 aromatic heterocycles. The minimum atomic E-state index is -4.52. The van der Waals surface area contributed by atoms with E-state index in [4.69, 9.17) is 5.73 Å². The topological polar surface area (TPSA) is 63.4 Å². The van der Waals surface area contributed by atoms with Crippen LogP contribution in [0.25, 0.3) is 0 Å². The average Bonchev–Trinajstić information content (AvgIpc) is 2.38. The number of benzene rings is 1. The van der Waals surface area contributed by atoms with Gasteiger partial charge in [-0.1, -0.05) is 6.92 Å². The molecule has 1 atom stereocenters. The van der Waals surface area contributed by atoms with E-state index in [1.165, 1.54) is 24.3 Å². The van der Waals surface area contributed by atoms with Crippen LogP contribution in [0.3, 0.4) is 0 Å². The van der Waals surface area contributed by atoms with Gasteiger partial charge in [0.15, 0.2) is 0 Å². The van der Waals surface area contributed by atoms with Gasteiger partial charge in [-0.3, -0.25) is 0 Å². The lowest BCUT2D eigenvalue weighted by Crippen LogP contribution is -2.28. The van der Waals surface area contributed by atoms with Crippen molar-refractivity contribution in [3.8, 4) is 0 Å². The normalized spacial score (nSPS) is 13.6. The Morgan fingerprint density at radius 1 is 1.26 bits per heavy atom. The summed E-state index contributed by atoms with van der Waals surface area (Å²) in [6.45, 7) is 3.24. The smallest absolute Gasteiger partial charge is 0.341 e. The van der Waals surface area contributed by atoms with Crippen molar-refractivity contribution in [3.63, 3.8) is 0 Å². The molecule has 0 amide bonds. The molecule has 1 unspecified atom stereocenters. The summed E-state index contributed by atoms with van der Waals surface area (Å²) in [6.07, 6.45) is 0. The van der Waals surface area contributed by atoms with Crippen molar-refractivity contribution in [1.82, 2.24) is 0 Å². The Balaban J connectivity index is 2.88. The van der Waals surface area contributed by atoms with Crippen molar-refractivity contribution < 1.29 is 17.2 Å². The summed E-state index contributed by atoms with van der Waals surface area (Å²) in [5.74, 6) is -3.11. The molecule has 0 saturated heterocycles. The first-order chi connectivity index (χ1) is 8.78. The zero-order valence-corrected chi connectivity index (χ0v) is 11.7. The Bertz CT molecular complexity index is 503. The van der Waals surface area contributed by atoms with Gasteiger partial charge in [0.05, 0.1) is 4.90 Å². The molecule has 108 valence electrons. The molecule has 4 nitrogen and oxygen atoms in total. The number of hydrogen-bond acceptors (Lipinski definition) is 4. The number of hydrogen-bond donors (Lipinski definition) is 1. The van der Waals surface area contributed by atoms with Crippen molar-refractivity contribution in [3.05, 3.63) is 24.3 Å². The summed E-state index contributed by atoms with van der Waals surface area (Å²) < 4.78 is 47.2. The third kappa shape index (κ3) is 3.87. The van der Waals surface area contributed by atoms with Crippen LogP contribution in [0.4, 0.5) is 14.5 Å². The van der Waals surface area contributed by atoms with E-state index < -0.39 is 15.6 Å². The predicted octanol–water partition coefficient (Wildman–Crippen LogP) is 1.71. The summed E-state index contributed by atoms with van der Waals surface area (Å²) in [6, 6.07) is 5.41. The van der Waals surface area contributed by atoms with Crippen LogP contribution in [0.1, 0.15) is 6.92 Å². The van der Waals surface area contributed by atoms with Gasteiger partial charge in [0.25, 0.3) is 0 Å². The monoisotopic (exact) mass is 292 g/mol. The zero-order chi connectivity index (χ0) is 14.6. The summed E-state index contributed by atoms with van der Waals surface area (Å²) in [7, 11) is -2.68. The van der Waals surface area contributed by atoms with E-state index in [1.807, 2.05) is 18.9 Å². The fraction of sp³-hybridized carbons (Fsp3) is 0.500. The van der Waals surface area contributed by atoms with Gasteiger partial charge < -0.3 is 10.6 Å². The van der Waals surface area contributed by atoms with Gasteiger partial charge in [-0.05, 0) is 36.7 Å². The number of halogens is 2. The molecule has 19 heavy (non-hydrogen) atoms. The van der Waals surface area contributed by atoms with Crippen LogP contribution in [-0.4, -0.2) is 34.3 Å². The zero-order valence-electron chi connectivity index (χ0n) is 10.9. The van der Waals surface area contributed by atoms with Crippen molar-refractivity contribution in [1.29, 1.82) is 0 Å². The highest BCUT2D eigenvalue weighted by Gasteiger charge is 2.26. The van der Waals surface area contributed by atoms with Crippen molar-refractivity contribution in [2.45, 2.75) is 17.6 Å². The molecule has 0 aliphatic rings. The molecule has 7 heteroatoms. The lowest BCUT2D eigenvalue weighted by molar-refractivity contribution is 0.234. The minimum Gasteiger partial charge on any atom is -0.374 e. The van der Waals surface area contributed by atoms with Crippen LogP contribution in [0.2, 0.25) is 0 Å². The molecule has 0 fully saturated rings. The highest BCUT2D eigenvalue weighted by atomic mass is 32.2. The SMILES string of the molecule is CC(CN)CN(C)c1ccc(S(=O)(=O)C(F)F)cc1. The number of alkyl halides is 2. The fourth-order valence-electron chi connectivity index (χ4n) is 1.64. The van der Waals surface area contributed by atoms with Gasteiger partial charge in [0.1, 0.15) is 0 Å². The minimum absolute atomic E-state index is 0.287. The Morgan fingerprint density at radius 2 is 1.79 bits per heavy atom. The maximum atomic E-state index is 12.4. The van der Waals surface area contributed by atoms with Crippen molar-refractivity contribution in [2.24, 2.45) is 11.7 Å². The van der Waals surface area contributed by atoms with Crippen LogP contribution >= 0.6 is 0 Å². The molecule has 1 aromatic rings. The first-order valence-corrected chi connectivity index (χ1v) is 7.37. The molecule has 0 aliphatic carbocycles. The summed E-state index contributed by atoms with van der Waals surface area (Å²) in [5.41, 5.74) is 6.28. The summed E-state index contributed by atoms with van der Waals surface area (Å²) in [4.78, 5) is 1.53. The van der Waals surface area contributed by atoms with Gasteiger partial charge in [0, 0.05) is 19.3 Å². The standard InChI is InChI=1S/C12H18F2N2O2S/c1-9(7-15)8-16(2)10-3-5-11(6-4-10)19(17,18)12(13)14/h3-6,9,12H,7-8,15H2,1-2H3. The molecule has 0 heterocycles. The second-order valence-corrected chi connectivity index (χ2v) is 6.44. The second kappa shape index (κ2) is 6.29. The highest BCUT2D eigenvalue weighted by Crippen LogP contribution is 2.22. The second-order valence-electron chi connectivity index (χ2n) is 4.52. The molecular weight excluding hydrogens is 274 g/mol. The summed E-state index contributed by atoms with van der Waals surface area (Å²) in [5, 5.41) is 0. The first-order valence-electron chi connectivity index (χ1n) is 5.82. The number of anilines is 1. The molecule has 0 saturated carbocycles. The number of nitrogens with two attached hydrogens (primary N) is 1. The highest BCUT2D eigenvalue weighted by molar-refractivity contribution is 7.91. The molecule has 0 aliphatic heterocycles. The molecule has 0 radical (unpaired) electrons. The number of nitrogens with zero attached hydrogens (tertiary/aromatic N) is 1. The molecule has 0 bridgehead atoms. The van der Waals surface area contributed by atoms with Crippen molar-refractivity contribution >= 4 is 15.5 Å². The van der Waals surface area contributed by atoms with E-state index in [9.17, 15) is 17.2 Å². The maximum absolute atomic E-state index is 12.4.